The molecule has 2 heterocycles. The molecule has 0 amide bonds. The third kappa shape index (κ3) is 5.43. The summed E-state index contributed by atoms with van der Waals surface area (Å²) in [5, 5.41) is 15.0. The lowest BCUT2D eigenvalue weighted by Gasteiger charge is -2.31. The number of hydrogen-bond acceptors (Lipinski definition) is 9. The molecule has 4 rings (SSSR count). The van der Waals surface area contributed by atoms with Crippen LogP contribution in [-0.2, 0) is 9.53 Å². The Balaban J connectivity index is 1.51. The van der Waals surface area contributed by atoms with E-state index in [1.165, 1.54) is 6.33 Å². The normalized spacial score (nSPS) is 13.8. The van der Waals surface area contributed by atoms with Crippen molar-refractivity contribution >= 4 is 34.8 Å². The van der Waals surface area contributed by atoms with E-state index in [1.807, 2.05) is 6.07 Å². The predicted molar refractivity (Wildman–Crippen MR) is 130 cm³/mol. The van der Waals surface area contributed by atoms with Crippen LogP contribution in [-0.4, -0.2) is 46.3 Å². The van der Waals surface area contributed by atoms with Crippen LogP contribution in [0.3, 0.4) is 0 Å². The molecule has 1 aliphatic rings. The Bertz CT molecular complexity index is 1210. The number of nitro groups is 1. The number of nitrogens with one attached hydrogen (secondary N) is 1. The summed E-state index contributed by atoms with van der Waals surface area (Å²) in [6.45, 7) is 2.97. The molecule has 180 valence electrons. The van der Waals surface area contributed by atoms with Crippen LogP contribution >= 0.6 is 0 Å². The summed E-state index contributed by atoms with van der Waals surface area (Å²) in [7, 11) is 0. The van der Waals surface area contributed by atoms with Gasteiger partial charge in [0, 0.05) is 29.9 Å². The van der Waals surface area contributed by atoms with E-state index in [0.29, 0.717) is 49.4 Å². The van der Waals surface area contributed by atoms with E-state index in [4.69, 9.17) is 4.74 Å². The van der Waals surface area contributed by atoms with Crippen LogP contribution in [0.25, 0.3) is 0 Å². The zero-order chi connectivity index (χ0) is 24.8. The summed E-state index contributed by atoms with van der Waals surface area (Å²) in [5.41, 5.74) is 1.38. The van der Waals surface area contributed by atoms with E-state index in [9.17, 15) is 19.7 Å². The molecule has 10 nitrogen and oxygen atoms in total. The van der Waals surface area contributed by atoms with Crippen molar-refractivity contribution in [3.8, 4) is 0 Å². The van der Waals surface area contributed by atoms with Gasteiger partial charge in [-0.1, -0.05) is 30.3 Å². The number of piperidine rings is 1. The fourth-order valence-electron chi connectivity index (χ4n) is 4.05. The first kappa shape index (κ1) is 23.8. The van der Waals surface area contributed by atoms with E-state index < -0.39 is 4.92 Å². The van der Waals surface area contributed by atoms with Gasteiger partial charge in [-0.15, -0.1) is 0 Å². The van der Waals surface area contributed by atoms with Crippen molar-refractivity contribution in [1.29, 1.82) is 0 Å². The third-order valence-corrected chi connectivity index (χ3v) is 5.85. The fourth-order valence-corrected chi connectivity index (χ4v) is 4.05. The van der Waals surface area contributed by atoms with Gasteiger partial charge in [-0.2, -0.15) is 0 Å². The van der Waals surface area contributed by atoms with E-state index in [1.54, 1.807) is 60.4 Å². The number of ether oxygens (including phenoxy) is 1. The summed E-state index contributed by atoms with van der Waals surface area (Å²) >= 11 is 0. The molecule has 1 N–H and O–H groups in total. The van der Waals surface area contributed by atoms with Crippen molar-refractivity contribution in [2.75, 3.05) is 29.9 Å². The molecule has 1 aliphatic heterocycles. The maximum atomic E-state index is 12.6. The highest BCUT2D eigenvalue weighted by atomic mass is 16.6. The minimum Gasteiger partial charge on any atom is -0.466 e. The highest BCUT2D eigenvalue weighted by Crippen LogP contribution is 2.35. The van der Waals surface area contributed by atoms with Crippen molar-refractivity contribution in [1.82, 2.24) is 9.97 Å². The Morgan fingerprint density at radius 1 is 1.06 bits per heavy atom. The number of esters is 1. The van der Waals surface area contributed by atoms with Gasteiger partial charge in [0.15, 0.2) is 5.78 Å². The molecular formula is C25H25N5O5. The lowest BCUT2D eigenvalue weighted by atomic mass is 9.97. The number of rotatable bonds is 8. The maximum absolute atomic E-state index is 12.6. The van der Waals surface area contributed by atoms with Gasteiger partial charge in [-0.25, -0.2) is 9.97 Å². The monoisotopic (exact) mass is 475 g/mol. The van der Waals surface area contributed by atoms with Crippen molar-refractivity contribution in [3.05, 3.63) is 82.2 Å². The number of benzene rings is 2. The summed E-state index contributed by atoms with van der Waals surface area (Å²) in [6.07, 6.45) is 2.33. The Morgan fingerprint density at radius 2 is 1.71 bits per heavy atom. The van der Waals surface area contributed by atoms with Crippen molar-refractivity contribution in [3.63, 3.8) is 0 Å². The van der Waals surface area contributed by atoms with Crippen LogP contribution in [0.4, 0.5) is 23.0 Å². The molecule has 1 saturated heterocycles. The number of hydrogen-bond donors (Lipinski definition) is 1. The number of anilines is 3. The SMILES string of the molecule is CCOC(=O)C1CCN(c2ncnc(Nc3ccc(C(=O)c4ccccc4)cc3)c2[N+](=O)[O-])CC1. The van der Waals surface area contributed by atoms with Gasteiger partial charge in [-0.05, 0) is 44.0 Å². The van der Waals surface area contributed by atoms with Gasteiger partial charge < -0.3 is 15.0 Å². The van der Waals surface area contributed by atoms with E-state index in [-0.39, 0.29) is 35.0 Å². The molecular weight excluding hydrogens is 450 g/mol. The Kier molecular flexibility index (Phi) is 7.30. The minimum absolute atomic E-state index is 0.0506. The molecule has 3 aromatic rings. The van der Waals surface area contributed by atoms with Crippen LogP contribution in [0.2, 0.25) is 0 Å². The Labute approximate surface area is 202 Å². The number of ketones is 1. The average molecular weight is 476 g/mol. The van der Waals surface area contributed by atoms with Gasteiger partial charge in [0.25, 0.3) is 0 Å². The molecule has 0 unspecified atom stereocenters. The van der Waals surface area contributed by atoms with Gasteiger partial charge in [0.2, 0.25) is 11.6 Å². The average Bonchev–Trinajstić information content (AvgIpc) is 2.89. The lowest BCUT2D eigenvalue weighted by molar-refractivity contribution is -0.383. The van der Waals surface area contributed by atoms with Gasteiger partial charge >= 0.3 is 11.7 Å². The standard InChI is InChI=1S/C25H25N5O5/c1-2-35-25(32)19-12-14-29(15-13-19)24-21(30(33)34)23(26-16-27-24)28-20-10-8-18(9-11-20)22(31)17-6-4-3-5-7-17/h3-11,16,19H,2,12-15H2,1H3,(H,26,27,28). The molecule has 1 fully saturated rings. The van der Waals surface area contributed by atoms with Crippen LogP contribution < -0.4 is 10.2 Å². The van der Waals surface area contributed by atoms with E-state index in [0.717, 1.165) is 0 Å². The fraction of sp³-hybridized carbons (Fsp3) is 0.280. The number of nitrogens with zero attached hydrogens (tertiary/aromatic N) is 4. The molecule has 0 saturated carbocycles. The molecule has 35 heavy (non-hydrogen) atoms. The quantitative estimate of drug-likeness (QED) is 0.221. The summed E-state index contributed by atoms with van der Waals surface area (Å²) < 4.78 is 5.10. The van der Waals surface area contributed by atoms with Crippen LogP contribution in [0, 0.1) is 16.0 Å². The first-order chi connectivity index (χ1) is 17.0. The smallest absolute Gasteiger partial charge is 0.353 e. The van der Waals surface area contributed by atoms with Crippen molar-refractivity contribution in [2.24, 2.45) is 5.92 Å². The van der Waals surface area contributed by atoms with Gasteiger partial charge in [0.1, 0.15) is 6.33 Å². The molecule has 0 atom stereocenters. The second kappa shape index (κ2) is 10.7. The van der Waals surface area contributed by atoms with Gasteiger partial charge in [0.05, 0.1) is 17.4 Å². The molecule has 0 bridgehead atoms. The molecule has 10 heteroatoms. The van der Waals surface area contributed by atoms with Crippen LogP contribution in [0.15, 0.2) is 60.9 Å². The molecule has 0 radical (unpaired) electrons. The summed E-state index contributed by atoms with van der Waals surface area (Å²) in [5.74, 6) is -0.318. The maximum Gasteiger partial charge on any atom is 0.353 e. The van der Waals surface area contributed by atoms with Crippen molar-refractivity contribution in [2.45, 2.75) is 19.8 Å². The van der Waals surface area contributed by atoms with E-state index >= 15 is 0 Å². The molecule has 2 aromatic carbocycles. The summed E-state index contributed by atoms with van der Waals surface area (Å²) in [6, 6.07) is 15.6. The summed E-state index contributed by atoms with van der Waals surface area (Å²) in [4.78, 5) is 46.2. The first-order valence-corrected chi connectivity index (χ1v) is 11.4. The first-order valence-electron chi connectivity index (χ1n) is 11.4. The van der Waals surface area contributed by atoms with Crippen molar-refractivity contribution < 1.29 is 19.2 Å². The second-order valence-corrected chi connectivity index (χ2v) is 8.06. The number of carbonyl (C=O) groups is 2. The Morgan fingerprint density at radius 3 is 2.34 bits per heavy atom. The van der Waals surface area contributed by atoms with Crippen LogP contribution in [0.1, 0.15) is 35.7 Å². The molecule has 1 aromatic heterocycles. The van der Waals surface area contributed by atoms with Gasteiger partial charge in [-0.3, -0.25) is 19.7 Å². The zero-order valence-electron chi connectivity index (χ0n) is 19.2. The number of carbonyl (C=O) groups excluding carboxylic acids is 2. The van der Waals surface area contributed by atoms with E-state index in [2.05, 4.69) is 15.3 Å². The van der Waals surface area contributed by atoms with Crippen LogP contribution in [0.5, 0.6) is 0 Å². The molecule has 0 aliphatic carbocycles. The Hall–Kier alpha value is -4.34. The highest BCUT2D eigenvalue weighted by molar-refractivity contribution is 6.09. The zero-order valence-corrected chi connectivity index (χ0v) is 19.2. The predicted octanol–water partition coefficient (Wildman–Crippen LogP) is 4.14. The largest absolute Gasteiger partial charge is 0.466 e. The topological polar surface area (TPSA) is 128 Å². The lowest BCUT2D eigenvalue weighted by Crippen LogP contribution is -2.37. The molecule has 0 spiro atoms. The third-order valence-electron chi connectivity index (χ3n) is 5.85. The second-order valence-electron chi connectivity index (χ2n) is 8.06. The highest BCUT2D eigenvalue weighted by Gasteiger charge is 2.32. The number of aromatic nitrogens is 2. The minimum atomic E-state index is -0.512.